The first-order valence-corrected chi connectivity index (χ1v) is 14.1. The van der Waals surface area contributed by atoms with Crippen LogP contribution in [0.25, 0.3) is 27.9 Å². The van der Waals surface area contributed by atoms with Crippen LogP contribution in [0.2, 0.25) is 0 Å². The van der Waals surface area contributed by atoms with Crippen molar-refractivity contribution in [1.82, 2.24) is 44.3 Å². The van der Waals surface area contributed by atoms with E-state index in [-0.39, 0.29) is 12.6 Å². The average molecular weight is 574 g/mol. The molecular weight excluding hydrogens is 541 g/mol. The Morgan fingerprint density at radius 2 is 1.90 bits per heavy atom. The van der Waals surface area contributed by atoms with Crippen LogP contribution in [0.1, 0.15) is 36.4 Å². The summed E-state index contributed by atoms with van der Waals surface area (Å²) >= 11 is 0. The monoisotopic (exact) mass is 573 g/mol. The number of halogens is 1. The average Bonchev–Trinajstić information content (AvgIpc) is 3.69. The summed E-state index contributed by atoms with van der Waals surface area (Å²) in [7, 11) is 1.86. The third-order valence-electron chi connectivity index (χ3n) is 8.26. The molecule has 1 atom stereocenters. The van der Waals surface area contributed by atoms with Crippen LogP contribution < -0.4 is 4.74 Å². The predicted octanol–water partition coefficient (Wildman–Crippen LogP) is 2.98. The number of rotatable bonds is 8. The molecule has 218 valence electrons. The van der Waals surface area contributed by atoms with Gasteiger partial charge in [0.05, 0.1) is 55.3 Å². The van der Waals surface area contributed by atoms with E-state index in [2.05, 4.69) is 30.4 Å². The summed E-state index contributed by atoms with van der Waals surface area (Å²) < 4.78 is 30.5. The summed E-state index contributed by atoms with van der Waals surface area (Å²) in [6, 6.07) is 5.44. The largest absolute Gasteiger partial charge is 0.488 e. The molecule has 7 rings (SSSR count). The molecule has 0 amide bonds. The van der Waals surface area contributed by atoms with Crippen molar-refractivity contribution < 1.29 is 19.0 Å². The molecule has 0 aliphatic carbocycles. The second-order valence-corrected chi connectivity index (χ2v) is 11.0. The molecule has 12 nitrogen and oxygen atoms in total. The van der Waals surface area contributed by atoms with Crippen molar-refractivity contribution in [2.24, 2.45) is 7.05 Å². The molecule has 0 radical (unpaired) electrons. The van der Waals surface area contributed by atoms with Crippen LogP contribution in [0, 0.1) is 12.7 Å². The molecule has 5 aromatic rings. The second kappa shape index (κ2) is 10.9. The maximum absolute atomic E-state index is 13.4. The summed E-state index contributed by atoms with van der Waals surface area (Å²) in [5, 5.41) is 28.8. The van der Waals surface area contributed by atoms with Gasteiger partial charge < -0.3 is 14.6 Å². The molecular formula is C29H32FN9O3. The molecule has 42 heavy (non-hydrogen) atoms. The zero-order chi connectivity index (χ0) is 28.8. The number of ether oxygens (including phenoxy) is 2. The van der Waals surface area contributed by atoms with Crippen molar-refractivity contribution in [2.75, 3.05) is 32.9 Å². The third kappa shape index (κ3) is 4.93. The minimum absolute atomic E-state index is 0.0916. The normalized spacial score (nSPS) is 17.5. The molecule has 7 heterocycles. The van der Waals surface area contributed by atoms with Gasteiger partial charge in [-0.1, -0.05) is 5.21 Å². The Labute approximate surface area is 241 Å². The third-order valence-corrected chi connectivity index (χ3v) is 8.26. The van der Waals surface area contributed by atoms with Crippen molar-refractivity contribution in [3.63, 3.8) is 0 Å². The van der Waals surface area contributed by atoms with E-state index < -0.39 is 11.9 Å². The van der Waals surface area contributed by atoms with Crippen molar-refractivity contribution in [3.05, 3.63) is 66.4 Å². The first-order valence-electron chi connectivity index (χ1n) is 14.1. The zero-order valence-corrected chi connectivity index (χ0v) is 23.5. The fourth-order valence-corrected chi connectivity index (χ4v) is 5.82. The number of hydrogen-bond acceptors (Lipinski definition) is 9. The minimum Gasteiger partial charge on any atom is -0.488 e. The summed E-state index contributed by atoms with van der Waals surface area (Å²) in [4.78, 5) is 6.51. The highest BCUT2D eigenvalue weighted by Crippen LogP contribution is 2.36. The molecule has 0 aromatic carbocycles. The molecule has 2 fully saturated rings. The molecule has 5 aromatic heterocycles. The maximum atomic E-state index is 13.4. The molecule has 0 saturated carbocycles. The Kier molecular flexibility index (Phi) is 6.92. The molecule has 1 unspecified atom stereocenters. The Bertz CT molecular complexity index is 1700. The summed E-state index contributed by atoms with van der Waals surface area (Å²) in [6.07, 6.45) is 9.40. The van der Waals surface area contributed by atoms with Crippen molar-refractivity contribution in [1.29, 1.82) is 0 Å². The first-order chi connectivity index (χ1) is 20.4. The van der Waals surface area contributed by atoms with Crippen LogP contribution in [0.15, 0.2) is 49.2 Å². The van der Waals surface area contributed by atoms with E-state index in [1.165, 1.54) is 12.1 Å². The Hall–Kier alpha value is -4.20. The van der Waals surface area contributed by atoms with Gasteiger partial charge in [0.15, 0.2) is 0 Å². The highest BCUT2D eigenvalue weighted by Gasteiger charge is 2.31. The zero-order valence-electron chi connectivity index (χ0n) is 23.5. The lowest BCUT2D eigenvalue weighted by atomic mass is 10.0. The van der Waals surface area contributed by atoms with Crippen molar-refractivity contribution in [3.8, 4) is 28.1 Å². The molecule has 2 saturated heterocycles. The highest BCUT2D eigenvalue weighted by atomic mass is 19.1. The van der Waals surface area contributed by atoms with Crippen molar-refractivity contribution in [2.45, 2.75) is 38.0 Å². The number of likely N-dealkylation sites (tertiary alicyclic amines) is 1. The van der Waals surface area contributed by atoms with E-state index in [0.717, 1.165) is 78.9 Å². The minimum atomic E-state index is -1.06. The van der Waals surface area contributed by atoms with Gasteiger partial charge in [-0.2, -0.15) is 10.2 Å². The van der Waals surface area contributed by atoms with Crippen LogP contribution in [-0.4, -0.2) is 88.3 Å². The van der Waals surface area contributed by atoms with Gasteiger partial charge in [0.1, 0.15) is 35.5 Å². The van der Waals surface area contributed by atoms with Gasteiger partial charge in [-0.25, -0.2) is 13.6 Å². The standard InChI is InChI=1S/C29H32FN9O3/c1-18-28(34-35-39(18)22-5-7-37(8-6-22)23-15-41-16-23)19-9-27(42-17-26(40)25-4-3-21(30)11-31-25)29-24(12-33-38(29)14-19)20-10-32-36(2)13-20/h3-4,9-14,22-23,26,40H,5-8,15-17H2,1-2H3. The molecule has 2 aliphatic heterocycles. The lowest BCUT2D eigenvalue weighted by molar-refractivity contribution is -0.0735. The number of aryl methyl sites for hydroxylation is 1. The summed E-state index contributed by atoms with van der Waals surface area (Å²) in [5.41, 5.74) is 5.27. The smallest absolute Gasteiger partial charge is 0.146 e. The molecule has 13 heteroatoms. The molecule has 0 spiro atoms. The van der Waals surface area contributed by atoms with Crippen LogP contribution >= 0.6 is 0 Å². The van der Waals surface area contributed by atoms with Gasteiger partial charge in [-0.05, 0) is 38.0 Å². The Morgan fingerprint density at radius 1 is 1.07 bits per heavy atom. The maximum Gasteiger partial charge on any atom is 0.146 e. The lowest BCUT2D eigenvalue weighted by Crippen LogP contribution is -2.52. The van der Waals surface area contributed by atoms with Gasteiger partial charge in [0, 0.05) is 49.2 Å². The quantitative estimate of drug-likeness (QED) is 0.299. The van der Waals surface area contributed by atoms with E-state index in [1.54, 1.807) is 21.6 Å². The fourth-order valence-electron chi connectivity index (χ4n) is 5.82. The number of aromatic nitrogens is 8. The second-order valence-electron chi connectivity index (χ2n) is 11.0. The number of piperidine rings is 1. The Morgan fingerprint density at radius 3 is 2.60 bits per heavy atom. The van der Waals surface area contributed by atoms with Crippen LogP contribution in [0.4, 0.5) is 4.39 Å². The fraction of sp³-hybridized carbons (Fsp3) is 0.414. The van der Waals surface area contributed by atoms with Crippen molar-refractivity contribution >= 4 is 5.52 Å². The van der Waals surface area contributed by atoms with E-state index >= 15 is 0 Å². The SMILES string of the molecule is Cc1c(-c2cc(OCC(O)c3ccc(F)cn3)c3c(-c4cnn(C)c4)cnn3c2)nnn1C1CCN(C2COC2)CC1. The Balaban J connectivity index is 1.20. The van der Waals surface area contributed by atoms with Crippen LogP contribution in [-0.2, 0) is 11.8 Å². The number of aliphatic hydroxyl groups excluding tert-OH is 1. The number of hydrogen-bond donors (Lipinski definition) is 1. The number of aliphatic hydroxyl groups is 1. The molecule has 0 bridgehead atoms. The van der Waals surface area contributed by atoms with Gasteiger partial charge in [0.2, 0.25) is 0 Å². The number of pyridine rings is 2. The lowest BCUT2D eigenvalue weighted by Gasteiger charge is -2.41. The summed E-state index contributed by atoms with van der Waals surface area (Å²) in [6.45, 7) is 5.65. The topological polar surface area (TPSA) is 121 Å². The summed E-state index contributed by atoms with van der Waals surface area (Å²) in [5.74, 6) is 0.0403. The van der Waals surface area contributed by atoms with Crippen LogP contribution in [0.3, 0.4) is 0 Å². The molecule has 1 N–H and O–H groups in total. The van der Waals surface area contributed by atoms with Gasteiger partial charge in [0.25, 0.3) is 0 Å². The van der Waals surface area contributed by atoms with Gasteiger partial charge in [-0.3, -0.25) is 14.6 Å². The van der Waals surface area contributed by atoms with Crippen LogP contribution in [0.5, 0.6) is 5.75 Å². The first kappa shape index (κ1) is 26.7. The highest BCUT2D eigenvalue weighted by molar-refractivity contribution is 5.85. The van der Waals surface area contributed by atoms with Gasteiger partial charge in [-0.15, -0.1) is 5.10 Å². The van der Waals surface area contributed by atoms with E-state index in [0.29, 0.717) is 17.5 Å². The van der Waals surface area contributed by atoms with E-state index in [9.17, 15) is 9.50 Å². The number of nitrogens with zero attached hydrogens (tertiary/aromatic N) is 9. The number of fused-ring (bicyclic) bond motifs is 1. The van der Waals surface area contributed by atoms with E-state index in [4.69, 9.17) is 9.47 Å². The van der Waals surface area contributed by atoms with Gasteiger partial charge >= 0.3 is 0 Å². The van der Waals surface area contributed by atoms with E-state index in [1.807, 2.05) is 37.1 Å². The molecule has 2 aliphatic rings. The predicted molar refractivity (Wildman–Crippen MR) is 150 cm³/mol.